The topological polar surface area (TPSA) is 3.24 Å². The molecule has 0 atom stereocenters. The Bertz CT molecular complexity index is 79.6. The van der Waals surface area contributed by atoms with Gasteiger partial charge in [0.05, 0.1) is 0 Å². The van der Waals surface area contributed by atoms with Gasteiger partial charge in [0.15, 0.2) is 0 Å². The first-order chi connectivity index (χ1) is 5.20. The van der Waals surface area contributed by atoms with Crippen LogP contribution in [0.2, 0.25) is 19.0 Å². The lowest BCUT2D eigenvalue weighted by Crippen LogP contribution is -2.16. The predicted molar refractivity (Wildman–Crippen MR) is 54.7 cm³/mol. The van der Waals surface area contributed by atoms with Crippen LogP contribution in [0.4, 0.5) is 0 Å². The van der Waals surface area contributed by atoms with Crippen molar-refractivity contribution < 1.29 is 0 Å². The second-order valence-corrected chi connectivity index (χ2v) is 3.63. The summed E-state index contributed by atoms with van der Waals surface area (Å²) in [6.07, 6.45) is 5.47. The molecule has 0 saturated carbocycles. The van der Waals surface area contributed by atoms with Crippen molar-refractivity contribution in [3.63, 3.8) is 0 Å². The van der Waals surface area contributed by atoms with E-state index < -0.39 is 0 Å². The molecule has 0 radical (unpaired) electrons. The molecule has 0 heterocycles. The first-order valence-electron chi connectivity index (χ1n) is 4.85. The maximum atomic E-state index is 2.30. The Morgan fingerprint density at radius 2 is 1.64 bits per heavy atom. The average Bonchev–Trinajstić information content (AvgIpc) is 1.98. The molecular weight excluding hydrogens is 133 g/mol. The molecule has 11 heavy (non-hydrogen) atoms. The molecule has 0 aliphatic heterocycles. The Kier molecular flexibility index (Phi) is 6.73. The minimum Gasteiger partial charge on any atom is -0.309 e. The molecule has 0 bridgehead atoms. The Morgan fingerprint density at radius 3 is 2.00 bits per heavy atom. The van der Waals surface area contributed by atoms with Gasteiger partial charge in [0.2, 0.25) is 0 Å². The Balaban J connectivity index is 3.21. The van der Waals surface area contributed by atoms with Gasteiger partial charge in [0, 0.05) is 0 Å². The zero-order chi connectivity index (χ0) is 8.69. The third kappa shape index (κ3) is 6.42. The van der Waals surface area contributed by atoms with Gasteiger partial charge in [-0.15, -0.1) is 0 Å². The van der Waals surface area contributed by atoms with Crippen molar-refractivity contribution in [2.75, 3.05) is 20.6 Å². The van der Waals surface area contributed by atoms with Gasteiger partial charge < -0.3 is 4.90 Å². The predicted octanol–water partition coefficient (Wildman–Crippen LogP) is 2.47. The van der Waals surface area contributed by atoms with Crippen molar-refractivity contribution >= 4 is 6.71 Å². The van der Waals surface area contributed by atoms with Crippen LogP contribution in [-0.2, 0) is 0 Å². The summed E-state index contributed by atoms with van der Waals surface area (Å²) in [7, 11) is 4.29. The first-order valence-corrected chi connectivity index (χ1v) is 4.85. The van der Waals surface area contributed by atoms with Gasteiger partial charge >= 0.3 is 0 Å². The molecule has 0 aliphatic carbocycles. The lowest BCUT2D eigenvalue weighted by molar-refractivity contribution is 0.408. The highest BCUT2D eigenvalue weighted by Crippen LogP contribution is 2.07. The van der Waals surface area contributed by atoms with Gasteiger partial charge in [-0.25, -0.2) is 0 Å². The van der Waals surface area contributed by atoms with E-state index in [1.54, 1.807) is 0 Å². The van der Waals surface area contributed by atoms with Gasteiger partial charge in [-0.2, -0.15) is 0 Å². The molecule has 2 heteroatoms. The second kappa shape index (κ2) is 6.72. The fourth-order valence-corrected chi connectivity index (χ4v) is 1.39. The summed E-state index contributed by atoms with van der Waals surface area (Å²) in [5, 5.41) is 0. The van der Waals surface area contributed by atoms with Crippen LogP contribution in [0, 0.1) is 0 Å². The minimum absolute atomic E-state index is 0.968. The van der Waals surface area contributed by atoms with Gasteiger partial charge in [0.25, 0.3) is 0 Å². The summed E-state index contributed by atoms with van der Waals surface area (Å²) in [6, 6.07) is 0. The summed E-state index contributed by atoms with van der Waals surface area (Å²) in [5.41, 5.74) is 0. The quantitative estimate of drug-likeness (QED) is 0.532. The SMILES string of the molecule is CCB(CC)CCCN(C)C. The fraction of sp³-hybridized carbons (Fsp3) is 1.00. The summed E-state index contributed by atoms with van der Waals surface area (Å²) in [5.74, 6) is 0. The summed E-state index contributed by atoms with van der Waals surface area (Å²) in [4.78, 5) is 2.27. The van der Waals surface area contributed by atoms with E-state index in [0.29, 0.717) is 0 Å². The van der Waals surface area contributed by atoms with E-state index >= 15 is 0 Å². The Labute approximate surface area is 72.2 Å². The van der Waals surface area contributed by atoms with E-state index in [4.69, 9.17) is 0 Å². The van der Waals surface area contributed by atoms with Crippen LogP contribution in [0.5, 0.6) is 0 Å². The number of nitrogens with zero attached hydrogens (tertiary/aromatic N) is 1. The van der Waals surface area contributed by atoms with Crippen LogP contribution < -0.4 is 0 Å². The molecule has 0 unspecified atom stereocenters. The molecule has 0 aromatic carbocycles. The second-order valence-electron chi connectivity index (χ2n) is 3.63. The third-order valence-corrected chi connectivity index (χ3v) is 2.37. The molecule has 0 aromatic heterocycles. The van der Waals surface area contributed by atoms with E-state index in [1.165, 1.54) is 31.9 Å². The fourth-order valence-electron chi connectivity index (χ4n) is 1.39. The zero-order valence-electron chi connectivity index (χ0n) is 8.56. The van der Waals surface area contributed by atoms with Crippen LogP contribution in [0.25, 0.3) is 0 Å². The number of hydrogen-bond acceptors (Lipinski definition) is 1. The van der Waals surface area contributed by atoms with Crippen molar-refractivity contribution in [1.82, 2.24) is 4.90 Å². The molecular formula is C9H22BN. The largest absolute Gasteiger partial charge is 0.309 e. The summed E-state index contributed by atoms with van der Waals surface area (Å²) >= 11 is 0. The molecule has 0 amide bonds. The van der Waals surface area contributed by atoms with E-state index in [9.17, 15) is 0 Å². The van der Waals surface area contributed by atoms with Gasteiger partial charge in [-0.05, 0) is 27.1 Å². The molecule has 0 aromatic rings. The Hall–Kier alpha value is 0.0249. The minimum atomic E-state index is 0.968. The molecule has 0 saturated heterocycles. The summed E-state index contributed by atoms with van der Waals surface area (Å²) in [6.45, 7) is 6.80. The van der Waals surface area contributed by atoms with Crippen molar-refractivity contribution in [3.05, 3.63) is 0 Å². The van der Waals surface area contributed by atoms with Gasteiger partial charge in [-0.3, -0.25) is 0 Å². The molecule has 0 rings (SSSR count). The highest BCUT2D eigenvalue weighted by atomic mass is 15.0. The lowest BCUT2D eigenvalue weighted by Gasteiger charge is -2.11. The number of hydrogen-bond donors (Lipinski definition) is 0. The van der Waals surface area contributed by atoms with Crippen molar-refractivity contribution in [2.45, 2.75) is 39.2 Å². The zero-order valence-corrected chi connectivity index (χ0v) is 8.56. The molecule has 0 spiro atoms. The van der Waals surface area contributed by atoms with Gasteiger partial charge in [-0.1, -0.05) is 32.8 Å². The standard InChI is InChI=1S/C9H22BN/c1-5-10(6-2)8-7-9-11(3)4/h5-9H2,1-4H3. The van der Waals surface area contributed by atoms with Gasteiger partial charge in [0.1, 0.15) is 6.71 Å². The van der Waals surface area contributed by atoms with Crippen LogP contribution >= 0.6 is 0 Å². The third-order valence-electron chi connectivity index (χ3n) is 2.37. The summed E-state index contributed by atoms with van der Waals surface area (Å²) < 4.78 is 0. The molecule has 0 fully saturated rings. The first kappa shape index (κ1) is 11.0. The molecule has 0 aliphatic rings. The highest BCUT2D eigenvalue weighted by molar-refractivity contribution is 6.58. The molecule has 1 nitrogen and oxygen atoms in total. The van der Waals surface area contributed by atoms with E-state index in [2.05, 4.69) is 32.8 Å². The number of rotatable bonds is 6. The monoisotopic (exact) mass is 155 g/mol. The van der Waals surface area contributed by atoms with Crippen molar-refractivity contribution in [1.29, 1.82) is 0 Å². The van der Waals surface area contributed by atoms with Crippen LogP contribution in [0.1, 0.15) is 20.3 Å². The maximum absolute atomic E-state index is 2.30. The molecule has 66 valence electrons. The van der Waals surface area contributed by atoms with Crippen LogP contribution in [-0.4, -0.2) is 32.3 Å². The van der Waals surface area contributed by atoms with Crippen LogP contribution in [0.3, 0.4) is 0 Å². The molecule has 0 N–H and O–H groups in total. The highest BCUT2D eigenvalue weighted by Gasteiger charge is 2.06. The lowest BCUT2D eigenvalue weighted by atomic mass is 9.43. The maximum Gasteiger partial charge on any atom is 0.139 e. The van der Waals surface area contributed by atoms with E-state index in [0.717, 1.165) is 6.71 Å². The van der Waals surface area contributed by atoms with Crippen LogP contribution in [0.15, 0.2) is 0 Å². The Morgan fingerprint density at radius 1 is 1.09 bits per heavy atom. The van der Waals surface area contributed by atoms with Crippen molar-refractivity contribution in [3.8, 4) is 0 Å². The smallest absolute Gasteiger partial charge is 0.139 e. The normalized spacial score (nSPS) is 10.6. The van der Waals surface area contributed by atoms with E-state index in [-0.39, 0.29) is 0 Å². The van der Waals surface area contributed by atoms with E-state index in [1.807, 2.05) is 0 Å². The van der Waals surface area contributed by atoms with Crippen molar-refractivity contribution in [2.24, 2.45) is 0 Å². The average molecular weight is 155 g/mol.